The molecular formula is C15H18Cl2O. The van der Waals surface area contributed by atoms with Crippen LogP contribution in [0.25, 0.3) is 0 Å². The molecule has 3 heteroatoms. The van der Waals surface area contributed by atoms with E-state index in [2.05, 4.69) is 13.8 Å². The first-order valence-electron chi connectivity index (χ1n) is 6.38. The van der Waals surface area contributed by atoms with E-state index in [0.717, 1.165) is 25.7 Å². The highest BCUT2D eigenvalue weighted by Gasteiger charge is 2.31. The van der Waals surface area contributed by atoms with Gasteiger partial charge in [-0.2, -0.15) is 0 Å². The largest absolute Gasteiger partial charge is 0.294 e. The van der Waals surface area contributed by atoms with E-state index < -0.39 is 0 Å². The molecular weight excluding hydrogens is 267 g/mol. The predicted octanol–water partition coefficient (Wildman–Crippen LogP) is 5.39. The minimum absolute atomic E-state index is 0.148. The molecule has 1 fully saturated rings. The van der Waals surface area contributed by atoms with Crippen molar-refractivity contribution < 1.29 is 4.79 Å². The first-order valence-corrected chi connectivity index (χ1v) is 7.14. The van der Waals surface area contributed by atoms with Crippen LogP contribution in [-0.2, 0) is 0 Å². The van der Waals surface area contributed by atoms with Crippen molar-refractivity contribution in [1.29, 1.82) is 0 Å². The molecule has 1 nitrogen and oxygen atoms in total. The highest BCUT2D eigenvalue weighted by Crippen LogP contribution is 2.39. The Labute approximate surface area is 118 Å². The third-order valence-electron chi connectivity index (χ3n) is 3.91. The van der Waals surface area contributed by atoms with Crippen LogP contribution in [0.2, 0.25) is 10.0 Å². The highest BCUT2D eigenvalue weighted by atomic mass is 35.5. The van der Waals surface area contributed by atoms with E-state index in [1.807, 2.05) is 0 Å². The molecule has 0 heterocycles. The lowest BCUT2D eigenvalue weighted by Crippen LogP contribution is -2.26. The second-order valence-corrected chi connectivity index (χ2v) is 6.75. The number of carbonyl (C=O) groups excluding carboxylic acids is 1. The van der Waals surface area contributed by atoms with Crippen molar-refractivity contribution in [3.63, 3.8) is 0 Å². The molecule has 0 amide bonds. The van der Waals surface area contributed by atoms with Gasteiger partial charge in [-0.1, -0.05) is 37.0 Å². The van der Waals surface area contributed by atoms with Gasteiger partial charge in [0.2, 0.25) is 0 Å². The van der Waals surface area contributed by atoms with Crippen LogP contribution < -0.4 is 0 Å². The maximum Gasteiger partial charge on any atom is 0.165 e. The summed E-state index contributed by atoms with van der Waals surface area (Å²) in [5, 5.41) is 0.955. The fraction of sp³-hybridized carbons (Fsp3) is 0.533. The zero-order chi connectivity index (χ0) is 13.3. The topological polar surface area (TPSA) is 17.1 Å². The van der Waals surface area contributed by atoms with Crippen LogP contribution in [-0.4, -0.2) is 5.78 Å². The molecule has 1 aliphatic carbocycles. The Morgan fingerprint density at radius 3 is 2.33 bits per heavy atom. The summed E-state index contributed by atoms with van der Waals surface area (Å²) < 4.78 is 0. The van der Waals surface area contributed by atoms with Gasteiger partial charge < -0.3 is 0 Å². The minimum Gasteiger partial charge on any atom is -0.294 e. The maximum atomic E-state index is 12.4. The van der Waals surface area contributed by atoms with Crippen molar-refractivity contribution in [2.75, 3.05) is 0 Å². The van der Waals surface area contributed by atoms with Crippen molar-refractivity contribution >= 4 is 29.0 Å². The van der Waals surface area contributed by atoms with E-state index in [1.54, 1.807) is 18.2 Å². The Balaban J connectivity index is 2.10. The van der Waals surface area contributed by atoms with Gasteiger partial charge in [-0.3, -0.25) is 4.79 Å². The Morgan fingerprint density at radius 2 is 1.78 bits per heavy atom. The molecule has 0 unspecified atom stereocenters. The molecule has 98 valence electrons. The molecule has 1 saturated carbocycles. The number of halogens is 2. The van der Waals surface area contributed by atoms with Crippen molar-refractivity contribution in [3.05, 3.63) is 33.8 Å². The van der Waals surface area contributed by atoms with Gasteiger partial charge >= 0.3 is 0 Å². The molecule has 0 radical (unpaired) electrons. The third-order valence-corrected chi connectivity index (χ3v) is 4.65. The zero-order valence-electron chi connectivity index (χ0n) is 10.8. The average molecular weight is 285 g/mol. The summed E-state index contributed by atoms with van der Waals surface area (Å²) in [5.74, 6) is 0.360. The average Bonchev–Trinajstić information content (AvgIpc) is 2.32. The fourth-order valence-corrected chi connectivity index (χ4v) is 2.84. The molecule has 0 atom stereocenters. The molecule has 0 bridgehead atoms. The molecule has 0 N–H and O–H groups in total. The summed E-state index contributed by atoms with van der Waals surface area (Å²) in [6.07, 6.45) is 4.19. The molecule has 2 rings (SSSR count). The van der Waals surface area contributed by atoms with Crippen LogP contribution >= 0.6 is 23.2 Å². The Bertz CT molecular complexity index is 456. The number of rotatable bonds is 2. The van der Waals surface area contributed by atoms with Gasteiger partial charge in [0.05, 0.1) is 10.0 Å². The second-order valence-electron chi connectivity index (χ2n) is 5.93. The van der Waals surface area contributed by atoms with Crippen LogP contribution in [0.4, 0.5) is 0 Å². The third kappa shape index (κ3) is 3.07. The van der Waals surface area contributed by atoms with E-state index in [4.69, 9.17) is 23.2 Å². The number of hydrogen-bond donors (Lipinski definition) is 0. The Kier molecular flexibility index (Phi) is 4.03. The van der Waals surface area contributed by atoms with Gasteiger partial charge in [0, 0.05) is 11.5 Å². The lowest BCUT2D eigenvalue weighted by Gasteiger charge is -2.33. The molecule has 0 aliphatic heterocycles. The fourth-order valence-electron chi connectivity index (χ4n) is 2.55. The zero-order valence-corrected chi connectivity index (χ0v) is 12.3. The van der Waals surface area contributed by atoms with Gasteiger partial charge in [0.25, 0.3) is 0 Å². The van der Waals surface area contributed by atoms with Crippen molar-refractivity contribution in [2.24, 2.45) is 11.3 Å². The van der Waals surface area contributed by atoms with Crippen LogP contribution in [0, 0.1) is 11.3 Å². The molecule has 0 saturated heterocycles. The van der Waals surface area contributed by atoms with Crippen molar-refractivity contribution in [3.8, 4) is 0 Å². The molecule has 1 aromatic rings. The van der Waals surface area contributed by atoms with Gasteiger partial charge in [-0.05, 0) is 49.3 Å². The van der Waals surface area contributed by atoms with Crippen molar-refractivity contribution in [2.45, 2.75) is 39.5 Å². The summed E-state index contributed by atoms with van der Waals surface area (Å²) >= 11 is 11.8. The number of Topliss-reactive ketones (excluding diaryl/α,β-unsaturated/α-hetero) is 1. The minimum atomic E-state index is 0.148. The van der Waals surface area contributed by atoms with Crippen LogP contribution in [0.5, 0.6) is 0 Å². The number of hydrogen-bond acceptors (Lipinski definition) is 1. The Morgan fingerprint density at radius 1 is 1.17 bits per heavy atom. The molecule has 18 heavy (non-hydrogen) atoms. The number of carbonyl (C=O) groups is 1. The van der Waals surface area contributed by atoms with Crippen LogP contribution in [0.3, 0.4) is 0 Å². The summed E-state index contributed by atoms with van der Waals surface area (Å²) in [5.41, 5.74) is 1.07. The van der Waals surface area contributed by atoms with Gasteiger partial charge in [0.15, 0.2) is 5.78 Å². The molecule has 1 aliphatic rings. The monoisotopic (exact) mass is 284 g/mol. The normalized spacial score (nSPS) is 19.8. The van der Waals surface area contributed by atoms with Gasteiger partial charge in [-0.15, -0.1) is 0 Å². The molecule has 0 aromatic heterocycles. The first-order chi connectivity index (χ1) is 8.39. The number of benzene rings is 1. The highest BCUT2D eigenvalue weighted by molar-refractivity contribution is 6.42. The first kappa shape index (κ1) is 13.9. The van der Waals surface area contributed by atoms with Crippen LogP contribution in [0.15, 0.2) is 18.2 Å². The summed E-state index contributed by atoms with van der Waals surface area (Å²) in [6, 6.07) is 5.16. The van der Waals surface area contributed by atoms with E-state index in [0.29, 0.717) is 21.0 Å². The van der Waals surface area contributed by atoms with Gasteiger partial charge in [-0.25, -0.2) is 0 Å². The lowest BCUT2D eigenvalue weighted by atomic mass is 9.71. The van der Waals surface area contributed by atoms with Crippen molar-refractivity contribution in [1.82, 2.24) is 0 Å². The molecule has 0 spiro atoms. The van der Waals surface area contributed by atoms with E-state index >= 15 is 0 Å². The lowest BCUT2D eigenvalue weighted by molar-refractivity contribution is 0.0838. The van der Waals surface area contributed by atoms with E-state index in [1.165, 1.54) is 0 Å². The quantitative estimate of drug-likeness (QED) is 0.665. The number of ketones is 1. The predicted molar refractivity (Wildman–Crippen MR) is 76.5 cm³/mol. The van der Waals surface area contributed by atoms with E-state index in [-0.39, 0.29) is 11.7 Å². The summed E-state index contributed by atoms with van der Waals surface area (Å²) in [7, 11) is 0. The standard InChI is InChI=1S/C15H18Cl2O/c1-15(2)7-5-10(6-8-15)14(18)11-3-4-12(16)13(17)9-11/h3-4,9-10H,5-8H2,1-2H3. The smallest absolute Gasteiger partial charge is 0.165 e. The Hall–Kier alpha value is -0.530. The maximum absolute atomic E-state index is 12.4. The summed E-state index contributed by atoms with van der Waals surface area (Å²) in [4.78, 5) is 12.4. The second kappa shape index (κ2) is 5.22. The van der Waals surface area contributed by atoms with E-state index in [9.17, 15) is 4.79 Å². The van der Waals surface area contributed by atoms with Gasteiger partial charge in [0.1, 0.15) is 0 Å². The summed E-state index contributed by atoms with van der Waals surface area (Å²) in [6.45, 7) is 4.54. The van der Waals surface area contributed by atoms with Crippen LogP contribution in [0.1, 0.15) is 49.9 Å². The SMILES string of the molecule is CC1(C)CCC(C(=O)c2ccc(Cl)c(Cl)c2)CC1. The molecule has 1 aromatic carbocycles.